The molecule has 146 valence electrons. The largest absolute Gasteiger partial charge is 0.497 e. The number of hydrogen-bond acceptors (Lipinski definition) is 5. The van der Waals surface area contributed by atoms with Gasteiger partial charge in [0.1, 0.15) is 17.9 Å². The van der Waals surface area contributed by atoms with E-state index in [0.29, 0.717) is 17.4 Å². The van der Waals surface area contributed by atoms with Crippen molar-refractivity contribution < 1.29 is 9.53 Å². The standard InChI is InChI=1S/C22H19ClN4O2/c1-29-17-7-5-13(6-8-17)15-10-18-20(19(28)11-15)21(14-3-2-4-16(23)9-14)27-22(26-18)24-12-25-27/h2-10,12,15,20-21H,11H2,1H3,(H,24,25,26)/t15-,20+,21+/m0/s1. The lowest BCUT2D eigenvalue weighted by atomic mass is 9.75. The van der Waals surface area contributed by atoms with Crippen molar-refractivity contribution >= 4 is 23.3 Å². The van der Waals surface area contributed by atoms with Gasteiger partial charge < -0.3 is 10.1 Å². The molecule has 2 aliphatic rings. The Morgan fingerprint density at radius 1 is 1.17 bits per heavy atom. The van der Waals surface area contributed by atoms with Crippen LogP contribution < -0.4 is 10.1 Å². The van der Waals surface area contributed by atoms with E-state index in [1.807, 2.05) is 48.5 Å². The zero-order valence-corrected chi connectivity index (χ0v) is 16.5. The summed E-state index contributed by atoms with van der Waals surface area (Å²) in [4.78, 5) is 17.7. The van der Waals surface area contributed by atoms with E-state index in [1.165, 1.54) is 6.33 Å². The number of rotatable bonds is 3. The Labute approximate surface area is 173 Å². The van der Waals surface area contributed by atoms with Gasteiger partial charge in [-0.1, -0.05) is 41.9 Å². The number of benzene rings is 2. The third-order valence-corrected chi connectivity index (χ3v) is 5.86. The lowest BCUT2D eigenvalue weighted by Crippen LogP contribution is -2.40. The van der Waals surface area contributed by atoms with E-state index in [4.69, 9.17) is 16.3 Å². The van der Waals surface area contributed by atoms with E-state index in [2.05, 4.69) is 21.5 Å². The molecule has 1 aliphatic heterocycles. The molecule has 7 heteroatoms. The average Bonchev–Trinajstić information content (AvgIpc) is 3.20. The van der Waals surface area contributed by atoms with Gasteiger partial charge in [-0.15, -0.1) is 0 Å². The van der Waals surface area contributed by atoms with E-state index < -0.39 is 0 Å². The van der Waals surface area contributed by atoms with Crippen LogP contribution in [0.3, 0.4) is 0 Å². The first-order valence-electron chi connectivity index (χ1n) is 9.44. The van der Waals surface area contributed by atoms with Crippen LogP contribution in [0.1, 0.15) is 29.5 Å². The highest BCUT2D eigenvalue weighted by Crippen LogP contribution is 2.44. The van der Waals surface area contributed by atoms with E-state index in [-0.39, 0.29) is 23.7 Å². The summed E-state index contributed by atoms with van der Waals surface area (Å²) in [6.07, 6.45) is 4.08. The van der Waals surface area contributed by atoms with Crippen LogP contribution in [0, 0.1) is 5.92 Å². The molecule has 0 saturated heterocycles. The Bertz CT molecular complexity index is 1110. The minimum atomic E-state index is -0.350. The van der Waals surface area contributed by atoms with Crippen LogP contribution in [-0.2, 0) is 4.79 Å². The Morgan fingerprint density at radius 3 is 2.76 bits per heavy atom. The van der Waals surface area contributed by atoms with Crippen molar-refractivity contribution in [3.8, 4) is 5.75 Å². The second-order valence-corrected chi connectivity index (χ2v) is 7.74. The maximum absolute atomic E-state index is 13.3. The second kappa shape index (κ2) is 7.04. The summed E-state index contributed by atoms with van der Waals surface area (Å²) < 4.78 is 7.02. The number of allylic oxidation sites excluding steroid dienone is 2. The zero-order chi connectivity index (χ0) is 20.0. The van der Waals surface area contributed by atoms with Crippen LogP contribution in [0.5, 0.6) is 5.75 Å². The number of hydrogen-bond donors (Lipinski definition) is 1. The molecular weight excluding hydrogens is 388 g/mol. The summed E-state index contributed by atoms with van der Waals surface area (Å²) in [5.41, 5.74) is 2.89. The molecular formula is C22H19ClN4O2. The molecule has 3 atom stereocenters. The van der Waals surface area contributed by atoms with E-state index in [9.17, 15) is 4.79 Å². The average molecular weight is 407 g/mol. The molecule has 1 N–H and O–H groups in total. The number of ether oxygens (including phenoxy) is 1. The van der Waals surface area contributed by atoms with Crippen molar-refractivity contribution in [2.75, 3.05) is 12.4 Å². The topological polar surface area (TPSA) is 69.0 Å². The number of anilines is 1. The molecule has 0 saturated carbocycles. The predicted molar refractivity (Wildman–Crippen MR) is 110 cm³/mol. The molecule has 0 spiro atoms. The molecule has 0 bridgehead atoms. The smallest absolute Gasteiger partial charge is 0.226 e. The molecule has 0 fully saturated rings. The van der Waals surface area contributed by atoms with Crippen molar-refractivity contribution in [3.05, 3.63) is 82.8 Å². The Balaban J connectivity index is 1.58. The predicted octanol–water partition coefficient (Wildman–Crippen LogP) is 4.21. The van der Waals surface area contributed by atoms with Gasteiger partial charge in [-0.05, 0) is 35.4 Å². The molecule has 29 heavy (non-hydrogen) atoms. The molecule has 5 rings (SSSR count). The molecule has 0 amide bonds. The maximum atomic E-state index is 13.3. The van der Waals surface area contributed by atoms with Gasteiger partial charge in [0.25, 0.3) is 0 Å². The van der Waals surface area contributed by atoms with Gasteiger partial charge in [0.05, 0.1) is 19.1 Å². The molecule has 1 aromatic heterocycles. The summed E-state index contributed by atoms with van der Waals surface area (Å²) in [5.74, 6) is 1.24. The first-order chi connectivity index (χ1) is 14.1. The van der Waals surface area contributed by atoms with Gasteiger partial charge in [-0.3, -0.25) is 4.79 Å². The lowest BCUT2D eigenvalue weighted by molar-refractivity contribution is -0.123. The van der Waals surface area contributed by atoms with Crippen molar-refractivity contribution in [2.45, 2.75) is 18.4 Å². The summed E-state index contributed by atoms with van der Waals surface area (Å²) in [6.45, 7) is 0. The second-order valence-electron chi connectivity index (χ2n) is 7.30. The van der Waals surface area contributed by atoms with Crippen LogP contribution in [-0.4, -0.2) is 27.7 Å². The fourth-order valence-electron chi connectivity index (χ4n) is 4.26. The van der Waals surface area contributed by atoms with Gasteiger partial charge >= 0.3 is 0 Å². The molecule has 2 heterocycles. The minimum absolute atomic E-state index is 0.00152. The zero-order valence-electron chi connectivity index (χ0n) is 15.7. The van der Waals surface area contributed by atoms with Gasteiger partial charge in [-0.2, -0.15) is 10.1 Å². The number of fused-ring (bicyclic) bond motifs is 2. The first-order valence-corrected chi connectivity index (χ1v) is 9.82. The number of nitrogens with one attached hydrogen (secondary N) is 1. The SMILES string of the molecule is COc1ccc([C@H]2C=C3Nc4ncnn4[C@H](c4cccc(Cl)c4)[C@H]3C(=O)C2)cc1. The van der Waals surface area contributed by atoms with Crippen LogP contribution in [0.15, 0.2) is 66.6 Å². The van der Waals surface area contributed by atoms with Crippen molar-refractivity contribution in [2.24, 2.45) is 5.92 Å². The number of carbonyl (C=O) groups is 1. The highest BCUT2D eigenvalue weighted by Gasteiger charge is 2.43. The number of ketones is 1. The third-order valence-electron chi connectivity index (χ3n) is 5.63. The minimum Gasteiger partial charge on any atom is -0.497 e. The van der Waals surface area contributed by atoms with Gasteiger partial charge in [0.2, 0.25) is 5.95 Å². The molecule has 0 unspecified atom stereocenters. The third kappa shape index (κ3) is 3.09. The molecule has 6 nitrogen and oxygen atoms in total. The van der Waals surface area contributed by atoms with Gasteiger partial charge in [0.15, 0.2) is 0 Å². The van der Waals surface area contributed by atoms with Gasteiger partial charge in [-0.25, -0.2) is 4.68 Å². The number of carbonyl (C=O) groups excluding carboxylic acids is 1. The lowest BCUT2D eigenvalue weighted by Gasteiger charge is -2.38. The summed E-state index contributed by atoms with van der Waals surface area (Å²) in [6, 6.07) is 15.2. The summed E-state index contributed by atoms with van der Waals surface area (Å²) in [5, 5.41) is 8.32. The molecule has 3 aromatic rings. The highest BCUT2D eigenvalue weighted by atomic mass is 35.5. The molecule has 0 radical (unpaired) electrons. The van der Waals surface area contributed by atoms with E-state index >= 15 is 0 Å². The quantitative estimate of drug-likeness (QED) is 0.705. The van der Waals surface area contributed by atoms with Crippen LogP contribution >= 0.6 is 11.6 Å². The number of Topliss-reactive ketones (excluding diaryl/α,β-unsaturated/α-hetero) is 1. The fourth-order valence-corrected chi connectivity index (χ4v) is 4.46. The number of nitrogens with zero attached hydrogens (tertiary/aromatic N) is 3. The van der Waals surface area contributed by atoms with Crippen molar-refractivity contribution in [3.63, 3.8) is 0 Å². The maximum Gasteiger partial charge on any atom is 0.226 e. The molecule has 2 aromatic carbocycles. The Kier molecular flexibility index (Phi) is 4.36. The van der Waals surface area contributed by atoms with Crippen molar-refractivity contribution in [1.82, 2.24) is 14.8 Å². The normalized spacial score (nSPS) is 22.9. The van der Waals surface area contributed by atoms with Gasteiger partial charge in [0, 0.05) is 23.1 Å². The van der Waals surface area contributed by atoms with Crippen molar-refractivity contribution in [1.29, 1.82) is 0 Å². The number of aromatic nitrogens is 3. The van der Waals surface area contributed by atoms with Crippen LogP contribution in [0.25, 0.3) is 0 Å². The Hall–Kier alpha value is -3.12. The first kappa shape index (κ1) is 17.9. The Morgan fingerprint density at radius 2 is 2.00 bits per heavy atom. The highest BCUT2D eigenvalue weighted by molar-refractivity contribution is 6.30. The van der Waals surface area contributed by atoms with E-state index in [1.54, 1.807) is 11.8 Å². The summed E-state index contributed by atoms with van der Waals surface area (Å²) in [7, 11) is 1.64. The van der Waals surface area contributed by atoms with Crippen LogP contribution in [0.2, 0.25) is 5.02 Å². The summed E-state index contributed by atoms with van der Waals surface area (Å²) >= 11 is 6.23. The molecule has 1 aliphatic carbocycles. The monoisotopic (exact) mass is 406 g/mol. The van der Waals surface area contributed by atoms with Crippen LogP contribution in [0.4, 0.5) is 5.95 Å². The van der Waals surface area contributed by atoms with E-state index in [0.717, 1.165) is 22.6 Å². The number of halogens is 1. The fraction of sp³-hybridized carbons (Fsp3) is 0.227. The number of methoxy groups -OCH3 is 1.